The molecule has 0 saturated carbocycles. The Balaban J connectivity index is 2.15. The van der Waals surface area contributed by atoms with Gasteiger partial charge in [0.1, 0.15) is 6.54 Å². The first-order valence-electron chi connectivity index (χ1n) is 6.06. The third-order valence-electron chi connectivity index (χ3n) is 2.71. The van der Waals surface area contributed by atoms with Crippen molar-refractivity contribution in [1.29, 1.82) is 0 Å². The highest BCUT2D eigenvalue weighted by molar-refractivity contribution is 8.00. The number of carbonyl (C=O) groups is 4. The van der Waals surface area contributed by atoms with Crippen LogP contribution >= 0.6 is 11.8 Å². The van der Waals surface area contributed by atoms with Crippen molar-refractivity contribution >= 4 is 35.5 Å². The first-order chi connectivity index (χ1) is 9.45. The van der Waals surface area contributed by atoms with Gasteiger partial charge in [0.15, 0.2) is 0 Å². The Labute approximate surface area is 121 Å². The summed E-state index contributed by atoms with van der Waals surface area (Å²) in [6, 6.07) is -0.349. The van der Waals surface area contributed by atoms with Gasteiger partial charge in [0.2, 0.25) is 17.7 Å². The highest BCUT2D eigenvalue weighted by Crippen LogP contribution is 2.06. The number of hydrogen-bond donors (Lipinski definition) is 2. The number of nitrogens with zero attached hydrogens (tertiary/aromatic N) is 2. The fraction of sp³-hybridized carbons (Fsp3) is 0.636. The van der Waals surface area contributed by atoms with Crippen LogP contribution in [-0.2, 0) is 14.4 Å². The Morgan fingerprint density at radius 1 is 1.25 bits per heavy atom. The van der Waals surface area contributed by atoms with Gasteiger partial charge >= 0.3 is 6.03 Å². The van der Waals surface area contributed by atoms with E-state index in [-0.39, 0.29) is 48.3 Å². The third-order valence-corrected chi connectivity index (χ3v) is 3.64. The zero-order chi connectivity index (χ0) is 15.1. The molecule has 1 fully saturated rings. The fourth-order valence-corrected chi connectivity index (χ4v) is 2.24. The van der Waals surface area contributed by atoms with Gasteiger partial charge in [0, 0.05) is 27.2 Å². The number of carbonyl (C=O) groups excluding carboxylic acids is 4. The van der Waals surface area contributed by atoms with E-state index < -0.39 is 0 Å². The minimum Gasteiger partial charge on any atom is -0.358 e. The molecule has 1 saturated heterocycles. The maximum atomic E-state index is 11.5. The largest absolute Gasteiger partial charge is 0.358 e. The van der Waals surface area contributed by atoms with Gasteiger partial charge < -0.3 is 15.5 Å². The molecule has 0 spiro atoms. The van der Waals surface area contributed by atoms with Gasteiger partial charge in [-0.3, -0.25) is 19.3 Å². The lowest BCUT2D eigenvalue weighted by atomic mass is 10.5. The summed E-state index contributed by atoms with van der Waals surface area (Å²) in [5.74, 6) is -0.173. The third kappa shape index (κ3) is 4.72. The fourth-order valence-electron chi connectivity index (χ4n) is 1.52. The number of amides is 5. The predicted molar refractivity (Wildman–Crippen MR) is 74.1 cm³/mol. The van der Waals surface area contributed by atoms with Crippen molar-refractivity contribution in [1.82, 2.24) is 20.4 Å². The zero-order valence-electron chi connectivity index (χ0n) is 11.5. The molecular formula is C11H18N4O4S. The predicted octanol–water partition coefficient (Wildman–Crippen LogP) is -1.52. The average Bonchev–Trinajstić information content (AvgIpc) is 2.66. The SMILES string of the molecule is CNC(=O)CSCC(=O)NCCN1CC(=O)N(C)C1=O. The van der Waals surface area contributed by atoms with Crippen LogP contribution in [0.5, 0.6) is 0 Å². The second-order valence-corrected chi connectivity index (χ2v) is 5.16. The van der Waals surface area contributed by atoms with Crippen LogP contribution in [0.15, 0.2) is 0 Å². The molecule has 2 N–H and O–H groups in total. The molecule has 1 aliphatic rings. The van der Waals surface area contributed by atoms with Crippen molar-refractivity contribution in [3.63, 3.8) is 0 Å². The van der Waals surface area contributed by atoms with Crippen molar-refractivity contribution in [2.45, 2.75) is 0 Å². The van der Waals surface area contributed by atoms with Gasteiger partial charge in [-0.25, -0.2) is 4.79 Å². The molecule has 112 valence electrons. The minimum absolute atomic E-state index is 0.0522. The van der Waals surface area contributed by atoms with Crippen molar-refractivity contribution < 1.29 is 19.2 Å². The molecule has 0 unspecified atom stereocenters. The lowest BCUT2D eigenvalue weighted by molar-refractivity contribution is -0.124. The van der Waals surface area contributed by atoms with Crippen LogP contribution in [0.4, 0.5) is 4.79 Å². The van der Waals surface area contributed by atoms with Crippen LogP contribution in [0.1, 0.15) is 0 Å². The van der Waals surface area contributed by atoms with Gasteiger partial charge in [0.05, 0.1) is 11.5 Å². The summed E-state index contributed by atoms with van der Waals surface area (Å²) >= 11 is 1.21. The Hall–Kier alpha value is -1.77. The monoisotopic (exact) mass is 302 g/mol. The van der Waals surface area contributed by atoms with E-state index in [1.54, 1.807) is 0 Å². The molecule has 0 radical (unpaired) electrons. The smallest absolute Gasteiger partial charge is 0.327 e. The van der Waals surface area contributed by atoms with Gasteiger partial charge in [-0.1, -0.05) is 0 Å². The number of thioether (sulfide) groups is 1. The normalized spacial score (nSPS) is 14.7. The van der Waals surface area contributed by atoms with Crippen molar-refractivity contribution in [2.75, 3.05) is 45.2 Å². The molecule has 1 heterocycles. The molecule has 0 aromatic heterocycles. The summed E-state index contributed by atoms with van der Waals surface area (Å²) in [5, 5.41) is 5.10. The van der Waals surface area contributed by atoms with Crippen LogP contribution < -0.4 is 10.6 Å². The summed E-state index contributed by atoms with van der Waals surface area (Å²) in [4.78, 5) is 47.6. The maximum absolute atomic E-state index is 11.5. The quantitative estimate of drug-likeness (QED) is 0.556. The molecule has 8 nitrogen and oxygen atoms in total. The van der Waals surface area contributed by atoms with Crippen molar-refractivity contribution in [3.05, 3.63) is 0 Å². The number of urea groups is 1. The number of likely N-dealkylation sites (N-methyl/N-ethyl adjacent to an activating group) is 1. The average molecular weight is 302 g/mol. The van der Waals surface area contributed by atoms with E-state index in [1.807, 2.05) is 0 Å². The van der Waals surface area contributed by atoms with Gasteiger partial charge in [0.25, 0.3) is 0 Å². The van der Waals surface area contributed by atoms with E-state index in [4.69, 9.17) is 0 Å². The molecule has 20 heavy (non-hydrogen) atoms. The first kappa shape index (κ1) is 16.3. The summed E-state index contributed by atoms with van der Waals surface area (Å²) in [7, 11) is 2.97. The second-order valence-electron chi connectivity index (χ2n) is 4.17. The minimum atomic E-state index is -0.349. The van der Waals surface area contributed by atoms with Crippen LogP contribution in [0, 0.1) is 0 Å². The van der Waals surface area contributed by atoms with Gasteiger partial charge in [-0.2, -0.15) is 0 Å². The Morgan fingerprint density at radius 3 is 2.45 bits per heavy atom. The molecule has 1 rings (SSSR count). The summed E-state index contributed by atoms with van der Waals surface area (Å²) in [5.41, 5.74) is 0. The van der Waals surface area contributed by atoms with E-state index in [9.17, 15) is 19.2 Å². The zero-order valence-corrected chi connectivity index (χ0v) is 12.3. The number of nitrogens with one attached hydrogen (secondary N) is 2. The summed E-state index contributed by atoms with van der Waals surface area (Å²) < 4.78 is 0. The van der Waals surface area contributed by atoms with Crippen LogP contribution in [0.25, 0.3) is 0 Å². The molecule has 1 aliphatic heterocycles. The highest BCUT2D eigenvalue weighted by Gasteiger charge is 2.32. The summed E-state index contributed by atoms with van der Waals surface area (Å²) in [6.45, 7) is 0.629. The van der Waals surface area contributed by atoms with Gasteiger partial charge in [-0.05, 0) is 0 Å². The number of imide groups is 1. The Bertz CT molecular complexity index is 415. The van der Waals surface area contributed by atoms with E-state index in [0.29, 0.717) is 6.54 Å². The van der Waals surface area contributed by atoms with E-state index in [0.717, 1.165) is 4.90 Å². The topological polar surface area (TPSA) is 98.8 Å². The molecule has 9 heteroatoms. The van der Waals surface area contributed by atoms with Crippen LogP contribution in [0.2, 0.25) is 0 Å². The van der Waals surface area contributed by atoms with Crippen LogP contribution in [0.3, 0.4) is 0 Å². The highest BCUT2D eigenvalue weighted by atomic mass is 32.2. The lowest BCUT2D eigenvalue weighted by Crippen LogP contribution is -2.37. The second kappa shape index (κ2) is 7.73. The number of rotatable bonds is 7. The molecule has 5 amide bonds. The van der Waals surface area contributed by atoms with E-state index in [2.05, 4.69) is 10.6 Å². The van der Waals surface area contributed by atoms with Crippen molar-refractivity contribution in [3.8, 4) is 0 Å². The molecular weight excluding hydrogens is 284 g/mol. The van der Waals surface area contributed by atoms with E-state index >= 15 is 0 Å². The molecule has 0 aromatic rings. The molecule has 0 aliphatic carbocycles. The molecule has 0 atom stereocenters. The van der Waals surface area contributed by atoms with E-state index in [1.165, 1.54) is 30.8 Å². The van der Waals surface area contributed by atoms with Crippen molar-refractivity contribution in [2.24, 2.45) is 0 Å². The summed E-state index contributed by atoms with van der Waals surface area (Å²) in [6.07, 6.45) is 0. The number of hydrogen-bond acceptors (Lipinski definition) is 5. The van der Waals surface area contributed by atoms with Crippen LogP contribution in [-0.4, -0.2) is 78.8 Å². The lowest BCUT2D eigenvalue weighted by Gasteiger charge is -2.14. The Kier molecular flexibility index (Phi) is 6.29. The maximum Gasteiger partial charge on any atom is 0.327 e. The van der Waals surface area contributed by atoms with Gasteiger partial charge in [-0.15, -0.1) is 11.8 Å². The molecule has 0 bridgehead atoms. The Morgan fingerprint density at radius 2 is 1.90 bits per heavy atom. The molecule has 0 aromatic carbocycles. The standard InChI is InChI=1S/C11H18N4O4S/c1-12-8(16)6-20-7-9(17)13-3-4-15-5-10(18)14(2)11(15)19/h3-7H2,1-2H3,(H,12,16)(H,13,17). The first-order valence-corrected chi connectivity index (χ1v) is 7.21.